The number of carbonyl (C=O) groups is 2. The van der Waals surface area contributed by atoms with Gasteiger partial charge in [0.05, 0.1) is 11.7 Å². The van der Waals surface area contributed by atoms with Crippen LogP contribution in [0.2, 0.25) is 0 Å². The molecule has 126 valence electrons. The summed E-state index contributed by atoms with van der Waals surface area (Å²) in [4.78, 5) is 25.7. The molecule has 7 heteroatoms. The third-order valence-electron chi connectivity index (χ3n) is 4.34. The van der Waals surface area contributed by atoms with Crippen molar-refractivity contribution in [2.24, 2.45) is 0 Å². The molecular formula is C16H25N5O2. The van der Waals surface area contributed by atoms with Gasteiger partial charge in [0.2, 0.25) is 5.91 Å². The minimum Gasteiger partial charge on any atom is -0.338 e. The summed E-state index contributed by atoms with van der Waals surface area (Å²) in [5.41, 5.74) is 0.968. The van der Waals surface area contributed by atoms with E-state index in [0.717, 1.165) is 18.5 Å². The fraction of sp³-hybridized carbons (Fsp3) is 0.688. The quantitative estimate of drug-likeness (QED) is 0.823. The first kappa shape index (κ1) is 15.8. The third kappa shape index (κ3) is 4.03. The fourth-order valence-electron chi connectivity index (χ4n) is 2.91. The number of aromatic nitrogens is 2. The van der Waals surface area contributed by atoms with Gasteiger partial charge in [0.25, 0.3) is 0 Å². The second kappa shape index (κ2) is 6.60. The van der Waals surface area contributed by atoms with Crippen molar-refractivity contribution in [1.29, 1.82) is 0 Å². The van der Waals surface area contributed by atoms with Gasteiger partial charge in [-0.15, -0.1) is 0 Å². The molecule has 1 aliphatic heterocycles. The Morgan fingerprint density at radius 3 is 2.87 bits per heavy atom. The number of nitrogens with one attached hydrogen (secondary N) is 2. The molecule has 2 heterocycles. The molecule has 1 saturated heterocycles. The Kier molecular flexibility index (Phi) is 4.54. The second-order valence-electron chi connectivity index (χ2n) is 6.71. The summed E-state index contributed by atoms with van der Waals surface area (Å²) in [5.74, 6) is 0.164. The van der Waals surface area contributed by atoms with Gasteiger partial charge in [0.15, 0.2) is 0 Å². The summed E-state index contributed by atoms with van der Waals surface area (Å²) < 4.78 is 1.91. The van der Waals surface area contributed by atoms with Gasteiger partial charge >= 0.3 is 6.03 Å². The van der Waals surface area contributed by atoms with Crippen molar-refractivity contribution in [1.82, 2.24) is 25.3 Å². The van der Waals surface area contributed by atoms with Crippen molar-refractivity contribution < 1.29 is 9.59 Å². The van der Waals surface area contributed by atoms with E-state index in [1.165, 1.54) is 0 Å². The summed E-state index contributed by atoms with van der Waals surface area (Å²) in [5, 5.41) is 10.2. The maximum Gasteiger partial charge on any atom is 0.315 e. The standard InChI is InChI=1S/C16H25N5O2/c1-11(2)21-8-6-12(19-21)5-7-17-16(23)18-13-9-15(22)20(10-13)14-3-4-14/h6,8,11,13-14H,3-5,7,9-10H2,1-2H3,(H2,17,18,23)/t13-/m1/s1. The number of hydrogen-bond acceptors (Lipinski definition) is 3. The fourth-order valence-corrected chi connectivity index (χ4v) is 2.91. The molecule has 3 amide bonds. The molecule has 1 atom stereocenters. The predicted molar refractivity (Wildman–Crippen MR) is 86.0 cm³/mol. The highest BCUT2D eigenvalue weighted by Crippen LogP contribution is 2.30. The number of rotatable bonds is 6. The molecule has 2 fully saturated rings. The molecular weight excluding hydrogens is 294 g/mol. The van der Waals surface area contributed by atoms with E-state index in [2.05, 4.69) is 29.6 Å². The van der Waals surface area contributed by atoms with Crippen molar-refractivity contribution >= 4 is 11.9 Å². The molecule has 0 spiro atoms. The molecule has 1 aromatic heterocycles. The van der Waals surface area contributed by atoms with E-state index in [-0.39, 0.29) is 18.0 Å². The van der Waals surface area contributed by atoms with Crippen LogP contribution in [0.5, 0.6) is 0 Å². The van der Waals surface area contributed by atoms with Crippen LogP contribution in [-0.4, -0.2) is 51.8 Å². The summed E-state index contributed by atoms with van der Waals surface area (Å²) in [6.07, 6.45) is 5.28. The van der Waals surface area contributed by atoms with Gasteiger partial charge in [-0.3, -0.25) is 9.48 Å². The highest BCUT2D eigenvalue weighted by atomic mass is 16.2. The lowest BCUT2D eigenvalue weighted by atomic mass is 10.2. The minimum atomic E-state index is -0.205. The molecule has 0 unspecified atom stereocenters. The zero-order valence-corrected chi connectivity index (χ0v) is 13.8. The highest BCUT2D eigenvalue weighted by molar-refractivity contribution is 5.82. The van der Waals surface area contributed by atoms with Gasteiger partial charge in [0.1, 0.15) is 0 Å². The van der Waals surface area contributed by atoms with E-state index in [0.29, 0.717) is 38.0 Å². The van der Waals surface area contributed by atoms with Crippen LogP contribution >= 0.6 is 0 Å². The van der Waals surface area contributed by atoms with Crippen molar-refractivity contribution in [3.63, 3.8) is 0 Å². The lowest BCUT2D eigenvalue weighted by molar-refractivity contribution is -0.128. The van der Waals surface area contributed by atoms with E-state index in [9.17, 15) is 9.59 Å². The Balaban J connectivity index is 1.37. The van der Waals surface area contributed by atoms with Gasteiger partial charge in [-0.25, -0.2) is 4.79 Å². The summed E-state index contributed by atoms with van der Waals surface area (Å²) in [6.45, 7) is 5.34. The van der Waals surface area contributed by atoms with E-state index >= 15 is 0 Å². The number of urea groups is 1. The van der Waals surface area contributed by atoms with Crippen LogP contribution in [-0.2, 0) is 11.2 Å². The summed E-state index contributed by atoms with van der Waals surface area (Å²) >= 11 is 0. The Labute approximate surface area is 136 Å². The van der Waals surface area contributed by atoms with Gasteiger partial charge in [0, 0.05) is 44.2 Å². The molecule has 0 radical (unpaired) electrons. The number of hydrogen-bond donors (Lipinski definition) is 2. The van der Waals surface area contributed by atoms with E-state index in [1.807, 2.05) is 21.8 Å². The number of carbonyl (C=O) groups excluding carboxylic acids is 2. The van der Waals surface area contributed by atoms with Crippen LogP contribution in [0, 0.1) is 0 Å². The summed E-state index contributed by atoms with van der Waals surface area (Å²) in [7, 11) is 0. The third-order valence-corrected chi connectivity index (χ3v) is 4.34. The highest BCUT2D eigenvalue weighted by Gasteiger charge is 2.39. The van der Waals surface area contributed by atoms with Crippen molar-refractivity contribution in [3.8, 4) is 0 Å². The Morgan fingerprint density at radius 2 is 2.22 bits per heavy atom. The van der Waals surface area contributed by atoms with Gasteiger partial charge < -0.3 is 15.5 Å². The van der Waals surface area contributed by atoms with Crippen molar-refractivity contribution in [3.05, 3.63) is 18.0 Å². The average Bonchev–Trinajstić information content (AvgIpc) is 3.10. The minimum absolute atomic E-state index is 0.0664. The van der Waals surface area contributed by atoms with E-state index in [1.54, 1.807) is 0 Å². The molecule has 0 aromatic carbocycles. The second-order valence-corrected chi connectivity index (χ2v) is 6.71. The van der Waals surface area contributed by atoms with E-state index < -0.39 is 0 Å². The number of amides is 3. The Hall–Kier alpha value is -2.05. The number of nitrogens with zero attached hydrogens (tertiary/aromatic N) is 3. The molecule has 2 aliphatic rings. The SMILES string of the molecule is CC(C)n1ccc(CCNC(=O)N[C@@H]2CC(=O)N(C3CC3)C2)n1. The lowest BCUT2D eigenvalue weighted by Crippen LogP contribution is -2.44. The molecule has 23 heavy (non-hydrogen) atoms. The lowest BCUT2D eigenvalue weighted by Gasteiger charge is -2.16. The Morgan fingerprint density at radius 1 is 1.43 bits per heavy atom. The molecule has 7 nitrogen and oxygen atoms in total. The maximum atomic E-state index is 11.9. The molecule has 0 bridgehead atoms. The van der Waals surface area contributed by atoms with Crippen LogP contribution < -0.4 is 10.6 Å². The van der Waals surface area contributed by atoms with Crippen molar-refractivity contribution in [2.75, 3.05) is 13.1 Å². The molecule has 1 aromatic rings. The maximum absolute atomic E-state index is 11.9. The van der Waals surface area contributed by atoms with Gasteiger partial charge in [-0.05, 0) is 32.8 Å². The average molecular weight is 319 g/mol. The van der Waals surface area contributed by atoms with Gasteiger partial charge in [-0.1, -0.05) is 0 Å². The normalized spacial score (nSPS) is 21.1. The monoisotopic (exact) mass is 319 g/mol. The zero-order valence-electron chi connectivity index (χ0n) is 13.8. The van der Waals surface area contributed by atoms with Crippen LogP contribution in [0.25, 0.3) is 0 Å². The van der Waals surface area contributed by atoms with Crippen molar-refractivity contribution in [2.45, 2.75) is 57.7 Å². The first-order chi connectivity index (χ1) is 11.0. The van der Waals surface area contributed by atoms with Crippen LogP contribution in [0.15, 0.2) is 12.3 Å². The first-order valence-corrected chi connectivity index (χ1v) is 8.41. The first-order valence-electron chi connectivity index (χ1n) is 8.41. The number of likely N-dealkylation sites (tertiary alicyclic amines) is 1. The van der Waals surface area contributed by atoms with Crippen LogP contribution in [0.3, 0.4) is 0 Å². The van der Waals surface area contributed by atoms with Gasteiger partial charge in [-0.2, -0.15) is 5.10 Å². The Bertz CT molecular complexity index is 579. The van der Waals surface area contributed by atoms with Crippen LogP contribution in [0.1, 0.15) is 44.8 Å². The molecule has 1 saturated carbocycles. The van der Waals surface area contributed by atoms with Crippen LogP contribution in [0.4, 0.5) is 4.79 Å². The smallest absolute Gasteiger partial charge is 0.315 e. The summed E-state index contributed by atoms with van der Waals surface area (Å²) in [6, 6.07) is 2.47. The molecule has 2 N–H and O–H groups in total. The van der Waals surface area contributed by atoms with E-state index in [4.69, 9.17) is 0 Å². The predicted octanol–water partition coefficient (Wildman–Crippen LogP) is 1.07. The topological polar surface area (TPSA) is 79.3 Å². The molecule has 1 aliphatic carbocycles. The molecule has 3 rings (SSSR count). The zero-order chi connectivity index (χ0) is 16.4. The largest absolute Gasteiger partial charge is 0.338 e.